The number of carbonyl (C=O) groups is 3. The Morgan fingerprint density at radius 3 is 2.47 bits per heavy atom. The number of likely N-dealkylation sites (tertiary alicyclic amines) is 1. The van der Waals surface area contributed by atoms with Crippen LogP contribution in [-0.2, 0) is 20.8 Å². The molecule has 0 spiro atoms. The average molecular weight is 498 g/mol. The van der Waals surface area contributed by atoms with Crippen LogP contribution in [0.1, 0.15) is 42.0 Å². The van der Waals surface area contributed by atoms with E-state index in [-0.39, 0.29) is 29.3 Å². The van der Waals surface area contributed by atoms with E-state index < -0.39 is 58.0 Å². The average Bonchev–Trinajstić information content (AvgIpc) is 3.21. The number of nitrogens with zero attached hydrogens (tertiary/aromatic N) is 2. The molecule has 192 valence electrons. The number of benzene rings is 1. The zero-order chi connectivity index (χ0) is 26.3. The third-order valence-corrected chi connectivity index (χ3v) is 8.46. The molecule has 1 aliphatic heterocycles. The van der Waals surface area contributed by atoms with Crippen LogP contribution in [0.2, 0.25) is 0 Å². The minimum atomic E-state index is -2.62. The summed E-state index contributed by atoms with van der Waals surface area (Å²) in [6.07, 6.45) is 2.36. The van der Waals surface area contributed by atoms with Crippen molar-refractivity contribution in [3.63, 3.8) is 0 Å². The summed E-state index contributed by atoms with van der Waals surface area (Å²) in [7, 11) is 5.18. The quantitative estimate of drug-likeness (QED) is 0.379. The SMILES string of the molecule is CN(C)[C@@H]1C(=O)C(C(N)=O)=C(O)[C@@]2(O)C(=O)C3=C(O)c4c(O)cc([C@@H]5CCCN5C)cc4C[C@H]3C[C@@H]12. The van der Waals surface area contributed by atoms with E-state index in [9.17, 15) is 34.8 Å². The van der Waals surface area contributed by atoms with Gasteiger partial charge in [-0.25, -0.2) is 0 Å². The number of primary amides is 1. The third kappa shape index (κ3) is 3.17. The highest BCUT2D eigenvalue weighted by Gasteiger charge is 2.64. The molecule has 1 heterocycles. The second-order valence-electron chi connectivity index (χ2n) is 10.7. The number of rotatable bonds is 3. The number of ketones is 2. The zero-order valence-electron chi connectivity index (χ0n) is 20.5. The van der Waals surface area contributed by atoms with E-state index in [0.717, 1.165) is 24.9 Å². The first-order chi connectivity index (χ1) is 16.9. The fourth-order valence-electron chi connectivity index (χ4n) is 6.82. The lowest BCUT2D eigenvalue weighted by Gasteiger charge is -2.50. The second-order valence-corrected chi connectivity index (χ2v) is 10.7. The molecule has 5 atom stereocenters. The Labute approximate surface area is 208 Å². The maximum atomic E-state index is 13.8. The molecule has 0 unspecified atom stereocenters. The van der Waals surface area contributed by atoms with Crippen LogP contribution in [0.3, 0.4) is 0 Å². The predicted octanol–water partition coefficient (Wildman–Crippen LogP) is 0.731. The van der Waals surface area contributed by atoms with Crippen molar-refractivity contribution in [3.05, 3.63) is 45.7 Å². The summed E-state index contributed by atoms with van der Waals surface area (Å²) in [5.41, 5.74) is 3.49. The van der Waals surface area contributed by atoms with Crippen molar-refractivity contribution < 1.29 is 34.8 Å². The Bertz CT molecular complexity index is 1270. The number of hydrogen-bond donors (Lipinski definition) is 5. The van der Waals surface area contributed by atoms with Crippen molar-refractivity contribution in [2.45, 2.75) is 43.4 Å². The van der Waals surface area contributed by atoms with E-state index in [1.54, 1.807) is 20.2 Å². The van der Waals surface area contributed by atoms with Crippen LogP contribution in [0, 0.1) is 11.8 Å². The molecule has 10 nitrogen and oxygen atoms in total. The van der Waals surface area contributed by atoms with E-state index in [2.05, 4.69) is 4.90 Å². The summed E-state index contributed by atoms with van der Waals surface area (Å²) in [4.78, 5) is 42.6. The molecule has 36 heavy (non-hydrogen) atoms. The molecule has 2 fully saturated rings. The Morgan fingerprint density at radius 2 is 1.89 bits per heavy atom. The van der Waals surface area contributed by atoms with Crippen LogP contribution >= 0.6 is 0 Å². The summed E-state index contributed by atoms with van der Waals surface area (Å²) in [5, 5.41) is 44.6. The maximum Gasteiger partial charge on any atom is 0.255 e. The number of phenols is 1. The fraction of sp³-hybridized carbons (Fsp3) is 0.500. The van der Waals surface area contributed by atoms with Gasteiger partial charge in [0, 0.05) is 17.5 Å². The molecular formula is C26H31N3O7. The third-order valence-electron chi connectivity index (χ3n) is 8.46. The molecule has 10 heteroatoms. The first-order valence-corrected chi connectivity index (χ1v) is 12.1. The number of aromatic hydroxyl groups is 1. The number of fused-ring (bicyclic) bond motifs is 3. The molecule has 0 aromatic heterocycles. The van der Waals surface area contributed by atoms with Crippen molar-refractivity contribution in [3.8, 4) is 5.75 Å². The number of aliphatic hydroxyl groups excluding tert-OH is 2. The van der Waals surface area contributed by atoms with Gasteiger partial charge in [-0.1, -0.05) is 6.07 Å². The zero-order valence-corrected chi connectivity index (χ0v) is 20.5. The van der Waals surface area contributed by atoms with Crippen LogP contribution in [0.15, 0.2) is 29.0 Å². The Kier molecular flexibility index (Phi) is 5.55. The first kappa shape index (κ1) is 24.5. The van der Waals surface area contributed by atoms with Crippen LogP contribution in [-0.4, -0.2) is 87.0 Å². The van der Waals surface area contributed by atoms with Crippen molar-refractivity contribution >= 4 is 23.2 Å². The number of Topliss-reactive ketones (excluding diaryl/α,β-unsaturated/α-hetero) is 2. The molecule has 3 aliphatic carbocycles. The van der Waals surface area contributed by atoms with Gasteiger partial charge in [0.25, 0.3) is 5.91 Å². The van der Waals surface area contributed by atoms with Gasteiger partial charge in [0.2, 0.25) is 5.78 Å². The van der Waals surface area contributed by atoms with Crippen molar-refractivity contribution in [1.82, 2.24) is 9.80 Å². The molecule has 4 aliphatic rings. The first-order valence-electron chi connectivity index (χ1n) is 12.1. The van der Waals surface area contributed by atoms with E-state index in [1.165, 1.54) is 4.90 Å². The standard InChI is InChI=1S/C26H31N3O7/c1-28(2)20-14-9-13-8-12-7-11(15-5-4-6-29(15)3)10-16(30)17(12)21(31)18(13)23(33)26(14,36)24(34)19(22(20)32)25(27)35/h7,10,13-15,20,30-31,34,36H,4-6,8-9H2,1-3H3,(H2,27,35)/t13-,14-,15-,20-,26-/m0/s1. The van der Waals surface area contributed by atoms with Crippen LogP contribution in [0.5, 0.6) is 5.75 Å². The van der Waals surface area contributed by atoms with E-state index >= 15 is 0 Å². The number of carbonyl (C=O) groups excluding carboxylic acids is 3. The topological polar surface area (TPSA) is 165 Å². The van der Waals surface area contributed by atoms with Gasteiger partial charge in [-0.2, -0.15) is 0 Å². The van der Waals surface area contributed by atoms with Gasteiger partial charge in [-0.05, 0) is 76.5 Å². The van der Waals surface area contributed by atoms with Crippen LogP contribution < -0.4 is 5.73 Å². The summed E-state index contributed by atoms with van der Waals surface area (Å²) < 4.78 is 0. The molecule has 1 saturated heterocycles. The molecule has 1 aromatic rings. The molecule has 0 radical (unpaired) electrons. The van der Waals surface area contributed by atoms with E-state index in [4.69, 9.17) is 5.73 Å². The van der Waals surface area contributed by atoms with Crippen molar-refractivity contribution in [1.29, 1.82) is 0 Å². The van der Waals surface area contributed by atoms with Gasteiger partial charge in [0.1, 0.15) is 22.8 Å². The molecule has 1 saturated carbocycles. The minimum absolute atomic E-state index is 0.0834. The smallest absolute Gasteiger partial charge is 0.255 e. The second kappa shape index (κ2) is 8.16. The van der Waals surface area contributed by atoms with Crippen LogP contribution in [0.4, 0.5) is 0 Å². The van der Waals surface area contributed by atoms with Gasteiger partial charge >= 0.3 is 0 Å². The monoisotopic (exact) mass is 497 g/mol. The number of amides is 1. The number of hydrogen-bond acceptors (Lipinski definition) is 9. The molecule has 5 rings (SSSR count). The van der Waals surface area contributed by atoms with Gasteiger partial charge < -0.3 is 26.2 Å². The highest BCUT2D eigenvalue weighted by molar-refractivity contribution is 6.24. The lowest BCUT2D eigenvalue weighted by Crippen LogP contribution is -2.65. The molecule has 6 N–H and O–H groups in total. The lowest BCUT2D eigenvalue weighted by molar-refractivity contribution is -0.153. The highest BCUT2D eigenvalue weighted by atomic mass is 16.3. The number of aliphatic hydroxyl groups is 3. The Morgan fingerprint density at radius 1 is 1.19 bits per heavy atom. The van der Waals surface area contributed by atoms with E-state index in [0.29, 0.717) is 12.0 Å². The van der Waals surface area contributed by atoms with E-state index in [1.807, 2.05) is 13.1 Å². The van der Waals surface area contributed by atoms with Crippen LogP contribution in [0.25, 0.3) is 5.76 Å². The van der Waals surface area contributed by atoms with Gasteiger partial charge in [-0.3, -0.25) is 24.2 Å². The minimum Gasteiger partial charge on any atom is -0.508 e. The summed E-state index contributed by atoms with van der Waals surface area (Å²) in [5.74, 6) is -6.36. The normalized spacial score (nSPS) is 32.6. The highest BCUT2D eigenvalue weighted by Crippen LogP contribution is 2.53. The summed E-state index contributed by atoms with van der Waals surface area (Å²) in [6.45, 7) is 0.944. The van der Waals surface area contributed by atoms with Gasteiger partial charge in [-0.15, -0.1) is 0 Å². The Balaban J connectivity index is 1.67. The lowest BCUT2D eigenvalue weighted by atomic mass is 9.57. The van der Waals surface area contributed by atoms with Gasteiger partial charge in [0.15, 0.2) is 11.4 Å². The molecular weight excluding hydrogens is 466 g/mol. The fourth-order valence-corrected chi connectivity index (χ4v) is 6.82. The summed E-state index contributed by atoms with van der Waals surface area (Å²) >= 11 is 0. The largest absolute Gasteiger partial charge is 0.508 e. The maximum absolute atomic E-state index is 13.8. The molecule has 1 aromatic carbocycles. The number of nitrogens with two attached hydrogens (primary N) is 1. The predicted molar refractivity (Wildman–Crippen MR) is 129 cm³/mol. The van der Waals surface area contributed by atoms with Gasteiger partial charge in [0.05, 0.1) is 11.6 Å². The molecule has 0 bridgehead atoms. The number of likely N-dealkylation sites (N-methyl/N-ethyl adjacent to an activating group) is 1. The van der Waals surface area contributed by atoms with Crippen molar-refractivity contribution in [2.24, 2.45) is 17.6 Å². The number of phenolic OH excluding ortho intramolecular Hbond substituents is 1. The summed E-state index contributed by atoms with van der Waals surface area (Å²) in [6, 6.07) is 2.58. The Hall–Kier alpha value is -3.21. The van der Waals surface area contributed by atoms with Crippen molar-refractivity contribution in [2.75, 3.05) is 27.7 Å². The molecule has 1 amide bonds.